The quantitative estimate of drug-likeness (QED) is 0.901. The van der Waals surface area contributed by atoms with Crippen molar-refractivity contribution in [3.05, 3.63) is 23.9 Å². The molecule has 0 aliphatic carbocycles. The number of pyridine rings is 1. The Morgan fingerprint density at radius 1 is 1.52 bits per heavy atom. The summed E-state index contributed by atoms with van der Waals surface area (Å²) >= 11 is 0. The summed E-state index contributed by atoms with van der Waals surface area (Å²) in [7, 11) is 0. The number of hydrogen-bond acceptors (Lipinski definition) is 4. The van der Waals surface area contributed by atoms with E-state index in [0.29, 0.717) is 18.6 Å². The van der Waals surface area contributed by atoms with Crippen molar-refractivity contribution in [2.75, 3.05) is 13.2 Å². The summed E-state index contributed by atoms with van der Waals surface area (Å²) in [6, 6.07) is 3.11. The van der Waals surface area contributed by atoms with E-state index < -0.39 is 18.9 Å². The van der Waals surface area contributed by atoms with Gasteiger partial charge in [-0.3, -0.25) is 4.79 Å². The number of nitrogens with one attached hydrogen (secondary N) is 1. The molecule has 1 aromatic rings. The zero-order valence-corrected chi connectivity index (χ0v) is 11.2. The molecule has 1 N–H and O–H groups in total. The fourth-order valence-corrected chi connectivity index (χ4v) is 1.92. The average molecular weight is 304 g/mol. The van der Waals surface area contributed by atoms with E-state index in [9.17, 15) is 18.0 Å². The third kappa shape index (κ3) is 4.89. The number of rotatable bonds is 5. The van der Waals surface area contributed by atoms with Crippen molar-refractivity contribution in [3.63, 3.8) is 0 Å². The van der Waals surface area contributed by atoms with E-state index in [0.717, 1.165) is 6.42 Å². The van der Waals surface area contributed by atoms with E-state index in [1.807, 2.05) is 0 Å². The van der Waals surface area contributed by atoms with Gasteiger partial charge in [0.05, 0.1) is 0 Å². The van der Waals surface area contributed by atoms with Gasteiger partial charge in [-0.15, -0.1) is 0 Å². The molecule has 116 valence electrons. The zero-order valence-electron chi connectivity index (χ0n) is 11.2. The monoisotopic (exact) mass is 304 g/mol. The molecule has 1 saturated heterocycles. The summed E-state index contributed by atoms with van der Waals surface area (Å²) in [6.45, 7) is -0.832. The van der Waals surface area contributed by atoms with Crippen molar-refractivity contribution in [3.8, 4) is 5.88 Å². The average Bonchev–Trinajstić information content (AvgIpc) is 2.96. The lowest BCUT2D eigenvalue weighted by Crippen LogP contribution is -2.33. The van der Waals surface area contributed by atoms with Crippen LogP contribution in [0.2, 0.25) is 0 Å². The summed E-state index contributed by atoms with van der Waals surface area (Å²) < 4.78 is 46.3. The summed E-state index contributed by atoms with van der Waals surface area (Å²) in [5, 5.41) is 2.61. The van der Waals surface area contributed by atoms with E-state index in [1.165, 1.54) is 6.20 Å². The minimum absolute atomic E-state index is 0.0414. The number of amides is 1. The lowest BCUT2D eigenvalue weighted by molar-refractivity contribution is -0.154. The van der Waals surface area contributed by atoms with Crippen molar-refractivity contribution in [1.82, 2.24) is 10.3 Å². The normalized spacial score (nSPS) is 18.5. The number of carbonyl (C=O) groups is 1. The highest BCUT2D eigenvalue weighted by Crippen LogP contribution is 2.20. The van der Waals surface area contributed by atoms with Gasteiger partial charge in [-0.25, -0.2) is 4.98 Å². The maximum atomic E-state index is 12.2. The second-order valence-corrected chi connectivity index (χ2v) is 4.59. The topological polar surface area (TPSA) is 60.5 Å². The number of halogens is 3. The second kappa shape index (κ2) is 6.75. The number of carbonyl (C=O) groups excluding carboxylic acids is 1. The van der Waals surface area contributed by atoms with E-state index in [1.54, 1.807) is 12.1 Å². The summed E-state index contributed by atoms with van der Waals surface area (Å²) in [5.74, 6) is -0.416. The number of aromatic nitrogens is 1. The molecule has 0 saturated carbocycles. The third-order valence-corrected chi connectivity index (χ3v) is 2.90. The van der Waals surface area contributed by atoms with Crippen molar-refractivity contribution in [2.45, 2.75) is 31.7 Å². The molecule has 0 aromatic carbocycles. The van der Waals surface area contributed by atoms with E-state index in [-0.39, 0.29) is 18.3 Å². The molecule has 8 heteroatoms. The largest absolute Gasteiger partial charge is 0.468 e. The van der Waals surface area contributed by atoms with E-state index in [2.05, 4.69) is 15.0 Å². The molecule has 2 rings (SSSR count). The lowest BCUT2D eigenvalue weighted by Gasteiger charge is -2.14. The van der Waals surface area contributed by atoms with Crippen molar-refractivity contribution in [1.29, 1.82) is 0 Å². The van der Waals surface area contributed by atoms with E-state index in [4.69, 9.17) is 4.74 Å². The fraction of sp³-hybridized carbons (Fsp3) is 0.538. The maximum Gasteiger partial charge on any atom is 0.422 e. The Morgan fingerprint density at radius 3 is 3.00 bits per heavy atom. The van der Waals surface area contributed by atoms with Crippen LogP contribution < -0.4 is 10.1 Å². The Morgan fingerprint density at radius 2 is 2.33 bits per heavy atom. The molecule has 1 unspecified atom stereocenters. The van der Waals surface area contributed by atoms with Crippen LogP contribution in [-0.4, -0.2) is 36.4 Å². The minimum Gasteiger partial charge on any atom is -0.468 e. The Bertz CT molecular complexity index is 488. The molecule has 1 aromatic heterocycles. The van der Waals surface area contributed by atoms with Crippen LogP contribution in [0.3, 0.4) is 0 Å². The molecule has 2 heterocycles. The molecular formula is C13H15F3N2O3. The molecule has 21 heavy (non-hydrogen) atoms. The van der Waals surface area contributed by atoms with Gasteiger partial charge in [0.15, 0.2) is 6.61 Å². The molecule has 0 spiro atoms. The van der Waals surface area contributed by atoms with Crippen LogP contribution in [0.15, 0.2) is 18.3 Å². The summed E-state index contributed by atoms with van der Waals surface area (Å²) in [4.78, 5) is 15.5. The second-order valence-electron chi connectivity index (χ2n) is 4.59. The van der Waals surface area contributed by atoms with Crippen molar-refractivity contribution < 1.29 is 27.4 Å². The Labute approximate surface area is 119 Å². The molecule has 1 fully saturated rings. The van der Waals surface area contributed by atoms with Crippen LogP contribution in [0.25, 0.3) is 0 Å². The highest BCUT2D eigenvalue weighted by molar-refractivity contribution is 5.80. The predicted octanol–water partition coefficient (Wildman–Crippen LogP) is 1.82. The van der Waals surface area contributed by atoms with Crippen LogP contribution in [-0.2, 0) is 16.1 Å². The molecular weight excluding hydrogens is 289 g/mol. The number of nitrogens with zero attached hydrogens (tertiary/aromatic N) is 1. The molecule has 0 bridgehead atoms. The van der Waals surface area contributed by atoms with Gasteiger partial charge in [0.1, 0.15) is 6.10 Å². The Hall–Kier alpha value is -1.83. The number of alkyl halides is 3. The fourth-order valence-electron chi connectivity index (χ4n) is 1.92. The lowest BCUT2D eigenvalue weighted by atomic mass is 10.2. The molecule has 5 nitrogen and oxygen atoms in total. The first kappa shape index (κ1) is 15.6. The van der Waals surface area contributed by atoms with Crippen LogP contribution in [0, 0.1) is 0 Å². The van der Waals surface area contributed by atoms with Crippen LogP contribution in [0.4, 0.5) is 13.2 Å². The summed E-state index contributed by atoms with van der Waals surface area (Å²) in [6.07, 6.45) is -2.12. The SMILES string of the molecule is O=C(NCc1cccnc1OCC(F)(F)F)C1CCCO1. The highest BCUT2D eigenvalue weighted by Gasteiger charge is 2.29. The van der Waals surface area contributed by atoms with Gasteiger partial charge >= 0.3 is 6.18 Å². The highest BCUT2D eigenvalue weighted by atomic mass is 19.4. The first-order valence-electron chi connectivity index (χ1n) is 6.48. The number of hydrogen-bond donors (Lipinski definition) is 1. The molecule has 0 radical (unpaired) electrons. The van der Waals surface area contributed by atoms with Gasteiger partial charge in [0.2, 0.25) is 11.8 Å². The molecule has 1 atom stereocenters. The predicted molar refractivity (Wildman–Crippen MR) is 66.6 cm³/mol. The first-order chi connectivity index (χ1) is 9.96. The van der Waals surface area contributed by atoms with Gasteiger partial charge in [0.25, 0.3) is 0 Å². The number of ether oxygens (including phenoxy) is 2. The Balaban J connectivity index is 1.91. The smallest absolute Gasteiger partial charge is 0.422 e. The van der Waals surface area contributed by atoms with Crippen molar-refractivity contribution >= 4 is 5.91 Å². The molecule has 1 aliphatic rings. The van der Waals surface area contributed by atoms with Crippen LogP contribution in [0.5, 0.6) is 5.88 Å². The maximum absolute atomic E-state index is 12.2. The van der Waals surface area contributed by atoms with Crippen LogP contribution in [0.1, 0.15) is 18.4 Å². The first-order valence-corrected chi connectivity index (χ1v) is 6.48. The summed E-state index contributed by atoms with van der Waals surface area (Å²) in [5.41, 5.74) is 0.382. The standard InChI is InChI=1S/C13H15F3N2O3/c14-13(15,16)8-21-12-9(3-1-5-17-12)7-18-11(19)10-4-2-6-20-10/h1,3,5,10H,2,4,6-8H2,(H,18,19). The van der Waals surface area contributed by atoms with Gasteiger partial charge in [-0.05, 0) is 18.9 Å². The van der Waals surface area contributed by atoms with E-state index >= 15 is 0 Å². The van der Waals surface area contributed by atoms with Gasteiger partial charge in [0, 0.05) is 24.9 Å². The third-order valence-electron chi connectivity index (χ3n) is 2.90. The van der Waals surface area contributed by atoms with Gasteiger partial charge < -0.3 is 14.8 Å². The Kier molecular flexibility index (Phi) is 5.00. The minimum atomic E-state index is -4.43. The zero-order chi connectivity index (χ0) is 15.3. The van der Waals surface area contributed by atoms with Crippen LogP contribution >= 0.6 is 0 Å². The van der Waals surface area contributed by atoms with Crippen molar-refractivity contribution in [2.24, 2.45) is 0 Å². The molecule has 1 amide bonds. The van der Waals surface area contributed by atoms with Gasteiger partial charge in [-0.1, -0.05) is 6.07 Å². The molecule has 1 aliphatic heterocycles. The van der Waals surface area contributed by atoms with Gasteiger partial charge in [-0.2, -0.15) is 13.2 Å².